The molecule has 3 aliphatic rings. The number of fused-ring (bicyclic) bond motifs is 3. The summed E-state index contributed by atoms with van der Waals surface area (Å²) >= 11 is 0. The SMILES string of the molecule is CC[C@]12C=CCN3CCc4c(n(c5cc(OC)ccc45)[C@@](O)(C(=O)OC)C1)[C@@H]32. The molecular formula is C22H26N2O4. The van der Waals surface area contributed by atoms with Gasteiger partial charge < -0.3 is 19.1 Å². The van der Waals surface area contributed by atoms with Crippen LogP contribution in [0.1, 0.15) is 37.1 Å². The van der Waals surface area contributed by atoms with Crippen LogP contribution in [0.25, 0.3) is 10.9 Å². The maximum Gasteiger partial charge on any atom is 0.359 e. The number of carbonyl (C=O) groups is 1. The Morgan fingerprint density at radius 3 is 2.89 bits per heavy atom. The van der Waals surface area contributed by atoms with Gasteiger partial charge in [0, 0.05) is 42.1 Å². The normalized spacial score (nSPS) is 30.9. The second kappa shape index (κ2) is 5.84. The molecule has 4 heterocycles. The largest absolute Gasteiger partial charge is 0.497 e. The first-order valence-corrected chi connectivity index (χ1v) is 9.93. The smallest absolute Gasteiger partial charge is 0.359 e. The van der Waals surface area contributed by atoms with Crippen LogP contribution >= 0.6 is 0 Å². The van der Waals surface area contributed by atoms with Crippen molar-refractivity contribution in [2.45, 2.75) is 38.0 Å². The van der Waals surface area contributed by atoms with Gasteiger partial charge in [-0.25, -0.2) is 4.79 Å². The van der Waals surface area contributed by atoms with Gasteiger partial charge in [0.05, 0.1) is 25.8 Å². The van der Waals surface area contributed by atoms with Gasteiger partial charge in [-0.15, -0.1) is 0 Å². The van der Waals surface area contributed by atoms with Gasteiger partial charge in [-0.1, -0.05) is 19.1 Å². The number of nitrogens with zero attached hydrogens (tertiary/aromatic N) is 2. The standard InChI is InChI=1S/C22H26N2O4/c1-4-21-9-5-10-23-11-8-16-15-7-6-14(27-2)12-17(15)24(18(16)19(21)23)22(26,13-21)20(25)28-3/h5-7,9,12,19,26H,4,8,10-11,13H2,1-3H3/t19-,21+,22+/m1/s1. The highest BCUT2D eigenvalue weighted by molar-refractivity contribution is 5.91. The fourth-order valence-electron chi connectivity index (χ4n) is 5.79. The molecule has 6 nitrogen and oxygen atoms in total. The van der Waals surface area contributed by atoms with E-state index in [2.05, 4.69) is 30.0 Å². The fraction of sp³-hybridized carbons (Fsp3) is 0.500. The molecule has 3 atom stereocenters. The number of ether oxygens (including phenoxy) is 2. The third-order valence-electron chi connectivity index (χ3n) is 7.04. The van der Waals surface area contributed by atoms with Crippen molar-refractivity contribution in [1.29, 1.82) is 0 Å². The minimum atomic E-state index is -1.75. The lowest BCUT2D eigenvalue weighted by Gasteiger charge is -2.55. The van der Waals surface area contributed by atoms with Gasteiger partial charge in [0.25, 0.3) is 0 Å². The van der Waals surface area contributed by atoms with Crippen LogP contribution in [0.5, 0.6) is 5.75 Å². The van der Waals surface area contributed by atoms with Crippen molar-refractivity contribution in [3.8, 4) is 5.75 Å². The van der Waals surface area contributed by atoms with E-state index in [-0.39, 0.29) is 11.5 Å². The molecule has 0 radical (unpaired) electrons. The summed E-state index contributed by atoms with van der Waals surface area (Å²) in [7, 11) is 2.97. The number of carbonyl (C=O) groups excluding carboxylic acids is 1. The number of benzene rings is 1. The van der Waals surface area contributed by atoms with Gasteiger partial charge in [-0.05, 0) is 30.5 Å². The Balaban J connectivity index is 1.91. The van der Waals surface area contributed by atoms with Crippen molar-refractivity contribution in [1.82, 2.24) is 9.47 Å². The molecule has 5 rings (SSSR count). The van der Waals surface area contributed by atoms with Crippen LogP contribution in [-0.2, 0) is 21.7 Å². The van der Waals surface area contributed by atoms with Gasteiger partial charge in [-0.3, -0.25) is 4.90 Å². The molecule has 1 aromatic heterocycles. The second-order valence-electron chi connectivity index (χ2n) is 8.20. The van der Waals surface area contributed by atoms with E-state index in [4.69, 9.17) is 9.47 Å². The molecule has 28 heavy (non-hydrogen) atoms. The monoisotopic (exact) mass is 382 g/mol. The minimum Gasteiger partial charge on any atom is -0.497 e. The van der Waals surface area contributed by atoms with Crippen LogP contribution in [0.3, 0.4) is 0 Å². The Morgan fingerprint density at radius 2 is 2.18 bits per heavy atom. The van der Waals surface area contributed by atoms with E-state index in [9.17, 15) is 9.90 Å². The average Bonchev–Trinajstić information content (AvgIpc) is 3.07. The highest BCUT2D eigenvalue weighted by Crippen LogP contribution is 2.59. The number of aliphatic hydroxyl groups is 1. The summed E-state index contributed by atoms with van der Waals surface area (Å²) in [4.78, 5) is 15.4. The Hall–Kier alpha value is -2.31. The van der Waals surface area contributed by atoms with E-state index >= 15 is 0 Å². The molecule has 0 unspecified atom stereocenters. The molecule has 0 aliphatic carbocycles. The summed E-state index contributed by atoms with van der Waals surface area (Å²) < 4.78 is 12.4. The van der Waals surface area contributed by atoms with Crippen LogP contribution < -0.4 is 4.74 Å². The van der Waals surface area contributed by atoms with Gasteiger partial charge in [0.15, 0.2) is 0 Å². The van der Waals surface area contributed by atoms with Crippen LogP contribution in [-0.4, -0.2) is 47.9 Å². The van der Waals surface area contributed by atoms with Crippen LogP contribution in [0.2, 0.25) is 0 Å². The number of rotatable bonds is 3. The number of aromatic nitrogens is 1. The summed E-state index contributed by atoms with van der Waals surface area (Å²) in [5, 5.41) is 12.9. The summed E-state index contributed by atoms with van der Waals surface area (Å²) in [6, 6.07) is 6.06. The number of hydrogen-bond donors (Lipinski definition) is 1. The van der Waals surface area contributed by atoms with Crippen molar-refractivity contribution in [2.75, 3.05) is 27.3 Å². The molecule has 148 valence electrons. The van der Waals surface area contributed by atoms with E-state index in [0.717, 1.165) is 42.5 Å². The topological polar surface area (TPSA) is 63.9 Å². The zero-order valence-corrected chi connectivity index (χ0v) is 16.6. The van der Waals surface area contributed by atoms with Crippen LogP contribution in [0, 0.1) is 5.41 Å². The molecule has 3 aliphatic heterocycles. The quantitative estimate of drug-likeness (QED) is 0.653. The molecule has 0 saturated heterocycles. The first-order chi connectivity index (χ1) is 13.5. The summed E-state index contributed by atoms with van der Waals surface area (Å²) in [5.74, 6) is 0.0935. The first kappa shape index (κ1) is 17.8. The van der Waals surface area contributed by atoms with Crippen LogP contribution in [0.15, 0.2) is 30.4 Å². The van der Waals surface area contributed by atoms with E-state index in [1.54, 1.807) is 7.11 Å². The molecule has 0 bridgehead atoms. The molecule has 1 N–H and O–H groups in total. The maximum atomic E-state index is 12.9. The molecule has 6 heteroatoms. The molecular weight excluding hydrogens is 356 g/mol. The molecule has 0 fully saturated rings. The van der Waals surface area contributed by atoms with Gasteiger partial charge in [0.1, 0.15) is 5.75 Å². The molecule has 1 aromatic carbocycles. The summed E-state index contributed by atoms with van der Waals surface area (Å²) in [6.07, 6.45) is 6.44. The van der Waals surface area contributed by atoms with Crippen molar-refractivity contribution in [3.05, 3.63) is 41.6 Å². The Labute approximate surface area is 164 Å². The van der Waals surface area contributed by atoms with Crippen molar-refractivity contribution < 1.29 is 19.4 Å². The lowest BCUT2D eigenvalue weighted by Crippen LogP contribution is -2.58. The predicted molar refractivity (Wildman–Crippen MR) is 105 cm³/mol. The van der Waals surface area contributed by atoms with E-state index in [1.165, 1.54) is 12.7 Å². The lowest BCUT2D eigenvalue weighted by atomic mass is 9.64. The zero-order chi connectivity index (χ0) is 19.7. The Bertz CT molecular complexity index is 1010. The molecule has 0 saturated carbocycles. The van der Waals surface area contributed by atoms with Gasteiger partial charge in [0.2, 0.25) is 5.72 Å². The van der Waals surface area contributed by atoms with E-state index in [1.807, 2.05) is 16.7 Å². The van der Waals surface area contributed by atoms with Crippen molar-refractivity contribution >= 4 is 16.9 Å². The average molecular weight is 382 g/mol. The van der Waals surface area contributed by atoms with Crippen molar-refractivity contribution in [2.24, 2.45) is 5.41 Å². The highest BCUT2D eigenvalue weighted by Gasteiger charge is 2.59. The van der Waals surface area contributed by atoms with Crippen molar-refractivity contribution in [3.63, 3.8) is 0 Å². The second-order valence-corrected chi connectivity index (χ2v) is 8.20. The maximum absolute atomic E-state index is 12.9. The van der Waals surface area contributed by atoms with Gasteiger partial charge >= 0.3 is 5.97 Å². The first-order valence-electron chi connectivity index (χ1n) is 9.93. The Morgan fingerprint density at radius 1 is 1.36 bits per heavy atom. The van der Waals surface area contributed by atoms with Crippen LogP contribution in [0.4, 0.5) is 0 Å². The molecule has 0 spiro atoms. The molecule has 2 aromatic rings. The highest BCUT2D eigenvalue weighted by atomic mass is 16.5. The fourth-order valence-corrected chi connectivity index (χ4v) is 5.79. The predicted octanol–water partition coefficient (Wildman–Crippen LogP) is 2.74. The Kier molecular flexibility index (Phi) is 3.71. The molecule has 0 amide bonds. The van der Waals surface area contributed by atoms with E-state index < -0.39 is 11.7 Å². The number of esters is 1. The van der Waals surface area contributed by atoms with Gasteiger partial charge in [-0.2, -0.15) is 0 Å². The van der Waals surface area contributed by atoms with E-state index in [0.29, 0.717) is 12.2 Å². The summed E-state index contributed by atoms with van der Waals surface area (Å²) in [6.45, 7) is 4.01. The third-order valence-corrected chi connectivity index (χ3v) is 7.04. The minimum absolute atomic E-state index is 0.148. The number of methoxy groups -OCH3 is 2. The zero-order valence-electron chi connectivity index (χ0n) is 16.6. The third kappa shape index (κ3) is 2.02. The lowest BCUT2D eigenvalue weighted by molar-refractivity contribution is -0.187. The number of hydrogen-bond acceptors (Lipinski definition) is 5. The summed E-state index contributed by atoms with van der Waals surface area (Å²) in [5.41, 5.74) is 1.07.